The molecule has 7 nitrogen and oxygen atoms in total. The number of carbonyl (C=O) groups is 1. The average Bonchev–Trinajstić information content (AvgIpc) is 3.32. The van der Waals surface area contributed by atoms with E-state index in [0.717, 1.165) is 59.5 Å². The number of rotatable bonds is 6. The zero-order valence-corrected chi connectivity index (χ0v) is 22.0. The number of aromatic amines is 1. The van der Waals surface area contributed by atoms with Crippen molar-refractivity contribution in [2.45, 2.75) is 45.8 Å². The summed E-state index contributed by atoms with van der Waals surface area (Å²) in [7, 11) is 2.15. The Bertz CT molecular complexity index is 1350. The minimum atomic E-state index is -0.224. The van der Waals surface area contributed by atoms with Crippen LogP contribution in [0.25, 0.3) is 22.2 Å². The number of hydrogen-bond donors (Lipinski definition) is 2. The van der Waals surface area contributed by atoms with Crippen molar-refractivity contribution in [2.75, 3.05) is 20.1 Å². The largest absolute Gasteiger partial charge is 0.490 e. The number of H-pyrrole nitrogens is 1. The summed E-state index contributed by atoms with van der Waals surface area (Å²) in [6, 6.07) is 19.3. The Morgan fingerprint density at radius 3 is 2.51 bits per heavy atom. The molecule has 1 atom stereocenters. The number of carbonyl (C=O) groups excluding carboxylic acids is 1. The molecule has 2 aromatic heterocycles. The highest BCUT2D eigenvalue weighted by molar-refractivity contribution is 6.01. The fourth-order valence-corrected chi connectivity index (χ4v) is 4.86. The topological polar surface area (TPSA) is 83.1 Å². The molecule has 0 radical (unpaired) electrons. The van der Waals surface area contributed by atoms with Crippen molar-refractivity contribution in [3.63, 3.8) is 0 Å². The third kappa shape index (κ3) is 5.67. The van der Waals surface area contributed by atoms with Crippen LogP contribution in [0.3, 0.4) is 0 Å². The first kappa shape index (κ1) is 25.0. The van der Waals surface area contributed by atoms with Gasteiger partial charge in [0.15, 0.2) is 0 Å². The van der Waals surface area contributed by atoms with E-state index >= 15 is 0 Å². The molecule has 4 aromatic rings. The summed E-state index contributed by atoms with van der Waals surface area (Å²) in [5, 5.41) is 11.8. The van der Waals surface area contributed by atoms with Gasteiger partial charge in [-0.25, -0.2) is 0 Å². The quantitative estimate of drug-likeness (QED) is 0.362. The highest BCUT2D eigenvalue weighted by Crippen LogP contribution is 2.33. The molecule has 0 bridgehead atoms. The second-order valence-corrected chi connectivity index (χ2v) is 11.0. The van der Waals surface area contributed by atoms with Gasteiger partial charge in [-0.15, -0.1) is 0 Å². The first-order chi connectivity index (χ1) is 17.8. The summed E-state index contributed by atoms with van der Waals surface area (Å²) in [6.45, 7) is 8.44. The Hall–Kier alpha value is -3.71. The lowest BCUT2D eigenvalue weighted by molar-refractivity contribution is 0.0900. The molecule has 0 spiro atoms. The number of fused-ring (bicyclic) bond motifs is 1. The van der Waals surface area contributed by atoms with Gasteiger partial charge < -0.3 is 15.0 Å². The third-order valence-electron chi connectivity index (χ3n) is 7.05. The molecule has 5 rings (SSSR count). The summed E-state index contributed by atoms with van der Waals surface area (Å²) < 4.78 is 6.20. The summed E-state index contributed by atoms with van der Waals surface area (Å²) in [5.74, 6) is 0.738. The lowest BCUT2D eigenvalue weighted by Crippen LogP contribution is -2.37. The molecule has 2 N–H and O–H groups in total. The number of nitrogens with one attached hydrogen (secondary N) is 2. The SMILES string of the molecule is CN1CCC(Oc2ccc(-c3n[nH]c4ccc(C(=O)NC(c5ccccn5)C(C)(C)C)cc34)cc2)CC1. The monoisotopic (exact) mass is 497 g/mol. The van der Waals surface area contributed by atoms with E-state index in [9.17, 15) is 4.79 Å². The van der Waals surface area contributed by atoms with Crippen LogP contribution in [0.1, 0.15) is 55.7 Å². The van der Waals surface area contributed by atoms with Crippen molar-refractivity contribution < 1.29 is 9.53 Å². The summed E-state index contributed by atoms with van der Waals surface area (Å²) in [4.78, 5) is 20.2. The summed E-state index contributed by atoms with van der Waals surface area (Å²) >= 11 is 0. The number of pyridine rings is 1. The Morgan fingerprint density at radius 2 is 1.84 bits per heavy atom. The van der Waals surface area contributed by atoms with Gasteiger partial charge in [-0.05, 0) is 79.9 Å². The van der Waals surface area contributed by atoms with Gasteiger partial charge in [0.25, 0.3) is 5.91 Å². The highest BCUT2D eigenvalue weighted by atomic mass is 16.5. The van der Waals surface area contributed by atoms with Crippen molar-refractivity contribution in [3.05, 3.63) is 78.1 Å². The zero-order valence-electron chi connectivity index (χ0n) is 22.0. The molecular weight excluding hydrogens is 462 g/mol. The molecule has 2 aromatic carbocycles. The molecule has 1 aliphatic rings. The van der Waals surface area contributed by atoms with Crippen molar-refractivity contribution in [2.24, 2.45) is 5.41 Å². The maximum atomic E-state index is 13.4. The molecule has 7 heteroatoms. The van der Waals surface area contributed by atoms with E-state index in [4.69, 9.17) is 4.74 Å². The standard InChI is InChI=1S/C30H35N5O2/c1-30(2,3)28(26-7-5-6-16-31-26)32-29(36)21-10-13-25-24(19-21)27(34-33-25)20-8-11-22(12-9-20)37-23-14-17-35(4)18-15-23/h5-13,16,19,23,28H,14-15,17-18H2,1-4H3,(H,32,36)(H,33,34). The molecule has 1 aliphatic heterocycles. The zero-order chi connectivity index (χ0) is 26.0. The molecule has 0 aliphatic carbocycles. The smallest absolute Gasteiger partial charge is 0.251 e. The van der Waals surface area contributed by atoms with E-state index in [-0.39, 0.29) is 23.5 Å². The number of aromatic nitrogens is 3. The first-order valence-corrected chi connectivity index (χ1v) is 12.9. The third-order valence-corrected chi connectivity index (χ3v) is 7.05. The second kappa shape index (κ2) is 10.3. The number of ether oxygens (including phenoxy) is 1. The van der Waals surface area contributed by atoms with Crippen LogP contribution in [0.2, 0.25) is 0 Å². The van der Waals surface area contributed by atoms with Gasteiger partial charge in [0.2, 0.25) is 0 Å². The van der Waals surface area contributed by atoms with E-state index in [1.54, 1.807) is 6.20 Å². The number of likely N-dealkylation sites (tertiary alicyclic amines) is 1. The second-order valence-electron chi connectivity index (χ2n) is 11.0. The number of piperidine rings is 1. The number of benzene rings is 2. The minimum Gasteiger partial charge on any atom is -0.490 e. The van der Waals surface area contributed by atoms with Crippen LogP contribution in [-0.2, 0) is 0 Å². The van der Waals surface area contributed by atoms with Crippen molar-refractivity contribution >= 4 is 16.8 Å². The van der Waals surface area contributed by atoms with Gasteiger partial charge in [-0.3, -0.25) is 14.9 Å². The van der Waals surface area contributed by atoms with Crippen molar-refractivity contribution in [3.8, 4) is 17.0 Å². The van der Waals surface area contributed by atoms with Gasteiger partial charge in [0.1, 0.15) is 11.9 Å². The van der Waals surface area contributed by atoms with Gasteiger partial charge >= 0.3 is 0 Å². The van der Waals surface area contributed by atoms with E-state index in [2.05, 4.69) is 53.2 Å². The van der Waals surface area contributed by atoms with Crippen LogP contribution >= 0.6 is 0 Å². The normalized spacial score (nSPS) is 16.0. The van der Waals surface area contributed by atoms with Crippen LogP contribution in [-0.4, -0.2) is 52.2 Å². The Balaban J connectivity index is 1.35. The molecule has 3 heterocycles. The van der Waals surface area contributed by atoms with Crippen LogP contribution in [0, 0.1) is 5.41 Å². The van der Waals surface area contributed by atoms with Crippen molar-refractivity contribution in [1.29, 1.82) is 0 Å². The molecule has 1 saturated heterocycles. The molecule has 192 valence electrons. The first-order valence-electron chi connectivity index (χ1n) is 12.9. The number of nitrogens with zero attached hydrogens (tertiary/aromatic N) is 3. The Labute approximate surface area is 218 Å². The lowest BCUT2D eigenvalue weighted by atomic mass is 9.84. The maximum Gasteiger partial charge on any atom is 0.251 e. The maximum absolute atomic E-state index is 13.4. The number of hydrogen-bond acceptors (Lipinski definition) is 5. The van der Waals surface area contributed by atoms with Crippen LogP contribution in [0.15, 0.2) is 66.9 Å². The van der Waals surface area contributed by atoms with Gasteiger partial charge in [0.05, 0.1) is 22.9 Å². The predicted molar refractivity (Wildman–Crippen MR) is 147 cm³/mol. The van der Waals surface area contributed by atoms with Gasteiger partial charge in [-0.1, -0.05) is 26.8 Å². The minimum absolute atomic E-state index is 0.137. The highest BCUT2D eigenvalue weighted by Gasteiger charge is 2.29. The average molecular weight is 498 g/mol. The van der Waals surface area contributed by atoms with E-state index in [1.807, 2.05) is 60.7 Å². The molecule has 1 amide bonds. The Morgan fingerprint density at radius 1 is 1.08 bits per heavy atom. The number of amides is 1. The van der Waals surface area contributed by atoms with Gasteiger partial charge in [0, 0.05) is 35.8 Å². The van der Waals surface area contributed by atoms with E-state index < -0.39 is 0 Å². The summed E-state index contributed by atoms with van der Waals surface area (Å²) in [6.07, 6.45) is 4.11. The van der Waals surface area contributed by atoms with E-state index in [1.165, 1.54) is 0 Å². The molecule has 1 fully saturated rings. The lowest BCUT2D eigenvalue weighted by Gasteiger charge is -2.31. The van der Waals surface area contributed by atoms with Crippen LogP contribution in [0.4, 0.5) is 0 Å². The fraction of sp³-hybridized carbons (Fsp3) is 0.367. The molecule has 37 heavy (non-hydrogen) atoms. The van der Waals surface area contributed by atoms with E-state index in [0.29, 0.717) is 5.56 Å². The van der Waals surface area contributed by atoms with Crippen molar-refractivity contribution in [1.82, 2.24) is 25.4 Å². The van der Waals surface area contributed by atoms with Crippen LogP contribution in [0.5, 0.6) is 5.75 Å². The molecule has 0 saturated carbocycles. The predicted octanol–water partition coefficient (Wildman–Crippen LogP) is 5.62. The fourth-order valence-electron chi connectivity index (χ4n) is 4.86. The van der Waals surface area contributed by atoms with Crippen LogP contribution < -0.4 is 10.1 Å². The molecule has 1 unspecified atom stereocenters. The molecular formula is C30H35N5O2. The van der Waals surface area contributed by atoms with Gasteiger partial charge in [-0.2, -0.15) is 5.10 Å². The Kier molecular flexibility index (Phi) is 6.98. The summed E-state index contributed by atoms with van der Waals surface area (Å²) in [5.41, 5.74) is 3.90.